The topological polar surface area (TPSA) is 66.3 Å². The van der Waals surface area contributed by atoms with Gasteiger partial charge in [-0.05, 0) is 60.3 Å². The van der Waals surface area contributed by atoms with Gasteiger partial charge >= 0.3 is 0 Å². The summed E-state index contributed by atoms with van der Waals surface area (Å²) in [6.45, 7) is 2.18. The molecule has 146 valence electrons. The highest BCUT2D eigenvalue weighted by molar-refractivity contribution is 5.94. The lowest BCUT2D eigenvalue weighted by Crippen LogP contribution is -2.32. The van der Waals surface area contributed by atoms with Gasteiger partial charge in [0.25, 0.3) is 11.5 Å². The fourth-order valence-electron chi connectivity index (χ4n) is 3.28. The van der Waals surface area contributed by atoms with Crippen molar-refractivity contribution >= 4 is 16.8 Å². The number of fused-ring (bicyclic) bond motifs is 1. The van der Waals surface area contributed by atoms with E-state index in [1.807, 2.05) is 25.1 Å². The zero-order chi connectivity index (χ0) is 20.4. The number of rotatable bonds is 5. The van der Waals surface area contributed by atoms with E-state index in [9.17, 15) is 14.0 Å². The molecule has 2 aromatic heterocycles. The van der Waals surface area contributed by atoms with Crippen LogP contribution in [0, 0.1) is 12.7 Å². The number of hydrogen-bond acceptors (Lipinski definition) is 3. The number of nitrogens with zero attached hydrogens (tertiary/aromatic N) is 1. The van der Waals surface area contributed by atoms with Gasteiger partial charge in [0.1, 0.15) is 11.6 Å². The van der Waals surface area contributed by atoms with Crippen LogP contribution in [-0.2, 0) is 13.1 Å². The van der Waals surface area contributed by atoms with Crippen LogP contribution in [0.1, 0.15) is 27.2 Å². The maximum absolute atomic E-state index is 13.6. The van der Waals surface area contributed by atoms with Crippen molar-refractivity contribution in [3.05, 3.63) is 106 Å². The molecule has 6 heteroatoms. The molecule has 0 aliphatic rings. The molecule has 29 heavy (non-hydrogen) atoms. The first kappa shape index (κ1) is 18.7. The standard InChI is InChI=1S/C23H19FN2O3/c1-15-7-8-16-11-18(22(27)25-21(16)10-15)13-26(14-20-6-3-9-29-20)23(28)17-4-2-5-19(24)12-17/h2-12H,13-14H2,1H3,(H,25,27). The number of H-pyrrole nitrogens is 1. The summed E-state index contributed by atoms with van der Waals surface area (Å²) in [6, 6.07) is 16.5. The van der Waals surface area contributed by atoms with Crippen molar-refractivity contribution in [1.82, 2.24) is 9.88 Å². The summed E-state index contributed by atoms with van der Waals surface area (Å²) >= 11 is 0. The zero-order valence-corrected chi connectivity index (χ0v) is 15.8. The van der Waals surface area contributed by atoms with Crippen LogP contribution in [-0.4, -0.2) is 15.8 Å². The first-order chi connectivity index (χ1) is 14.0. The molecule has 0 bridgehead atoms. The van der Waals surface area contributed by atoms with Gasteiger partial charge in [-0.2, -0.15) is 0 Å². The number of carbonyl (C=O) groups excluding carboxylic acids is 1. The van der Waals surface area contributed by atoms with Crippen LogP contribution in [0.5, 0.6) is 0 Å². The van der Waals surface area contributed by atoms with Gasteiger partial charge < -0.3 is 14.3 Å². The van der Waals surface area contributed by atoms with Crippen molar-refractivity contribution in [3.63, 3.8) is 0 Å². The number of nitrogens with one attached hydrogen (secondary N) is 1. The van der Waals surface area contributed by atoms with Gasteiger partial charge in [-0.3, -0.25) is 9.59 Å². The van der Waals surface area contributed by atoms with E-state index in [4.69, 9.17) is 4.42 Å². The number of aromatic amines is 1. The first-order valence-corrected chi connectivity index (χ1v) is 9.19. The van der Waals surface area contributed by atoms with Crippen molar-refractivity contribution in [2.45, 2.75) is 20.0 Å². The van der Waals surface area contributed by atoms with E-state index < -0.39 is 5.82 Å². The highest BCUT2D eigenvalue weighted by Crippen LogP contribution is 2.17. The normalized spacial score (nSPS) is 11.0. The molecule has 4 rings (SSSR count). The molecule has 0 radical (unpaired) electrons. The van der Waals surface area contributed by atoms with Crippen molar-refractivity contribution in [1.29, 1.82) is 0 Å². The van der Waals surface area contributed by atoms with E-state index in [0.717, 1.165) is 16.5 Å². The molecule has 1 N–H and O–H groups in total. The summed E-state index contributed by atoms with van der Waals surface area (Å²) in [5, 5.41) is 0.876. The fourth-order valence-corrected chi connectivity index (χ4v) is 3.28. The summed E-state index contributed by atoms with van der Waals surface area (Å²) in [5.74, 6) is -0.306. The molecule has 5 nitrogen and oxygen atoms in total. The molecule has 0 atom stereocenters. The average molecular weight is 390 g/mol. The van der Waals surface area contributed by atoms with Crippen molar-refractivity contribution in [3.8, 4) is 0 Å². The minimum Gasteiger partial charge on any atom is -0.467 e. The highest BCUT2D eigenvalue weighted by atomic mass is 19.1. The third-order valence-corrected chi connectivity index (χ3v) is 4.73. The van der Waals surface area contributed by atoms with Gasteiger partial charge in [-0.15, -0.1) is 0 Å². The molecule has 2 aromatic carbocycles. The Balaban J connectivity index is 1.70. The lowest BCUT2D eigenvalue weighted by Gasteiger charge is -2.22. The van der Waals surface area contributed by atoms with E-state index in [-0.39, 0.29) is 30.1 Å². The number of carbonyl (C=O) groups is 1. The summed E-state index contributed by atoms with van der Waals surface area (Å²) in [6.07, 6.45) is 1.52. The maximum atomic E-state index is 13.6. The van der Waals surface area contributed by atoms with Crippen LogP contribution < -0.4 is 5.56 Å². The highest BCUT2D eigenvalue weighted by Gasteiger charge is 2.20. The molecular weight excluding hydrogens is 371 g/mol. The minimum absolute atomic E-state index is 0.0647. The van der Waals surface area contributed by atoms with Crippen LogP contribution in [0.4, 0.5) is 4.39 Å². The predicted molar refractivity (Wildman–Crippen MR) is 108 cm³/mol. The lowest BCUT2D eigenvalue weighted by molar-refractivity contribution is 0.0716. The number of benzene rings is 2. The second-order valence-corrected chi connectivity index (χ2v) is 6.97. The van der Waals surface area contributed by atoms with Crippen molar-refractivity contribution < 1.29 is 13.6 Å². The summed E-state index contributed by atoms with van der Waals surface area (Å²) < 4.78 is 19.0. The Labute approximate surface area is 166 Å². The number of pyridine rings is 1. The summed E-state index contributed by atoms with van der Waals surface area (Å²) in [4.78, 5) is 30.0. The number of furan rings is 1. The average Bonchev–Trinajstić information content (AvgIpc) is 3.20. The molecular formula is C23H19FN2O3. The Hall–Kier alpha value is -3.67. The molecule has 4 aromatic rings. The molecule has 0 unspecified atom stereocenters. The molecule has 0 aliphatic carbocycles. The second-order valence-electron chi connectivity index (χ2n) is 6.97. The van der Waals surface area contributed by atoms with E-state index in [1.54, 1.807) is 24.3 Å². The van der Waals surface area contributed by atoms with Crippen LogP contribution in [0.25, 0.3) is 10.9 Å². The Kier molecular flexibility index (Phi) is 4.99. The maximum Gasteiger partial charge on any atom is 0.254 e. The Morgan fingerprint density at radius 3 is 2.69 bits per heavy atom. The number of aryl methyl sites for hydroxylation is 1. The third kappa shape index (κ3) is 4.11. The largest absolute Gasteiger partial charge is 0.467 e. The Morgan fingerprint density at radius 2 is 1.93 bits per heavy atom. The van der Waals surface area contributed by atoms with E-state index >= 15 is 0 Å². The number of aromatic nitrogens is 1. The third-order valence-electron chi connectivity index (χ3n) is 4.73. The van der Waals surface area contributed by atoms with Gasteiger partial charge in [0.15, 0.2) is 0 Å². The van der Waals surface area contributed by atoms with E-state index in [2.05, 4.69) is 4.98 Å². The summed E-state index contributed by atoms with van der Waals surface area (Å²) in [5.41, 5.74) is 2.18. The van der Waals surface area contributed by atoms with Crippen molar-refractivity contribution in [2.24, 2.45) is 0 Å². The van der Waals surface area contributed by atoms with Crippen LogP contribution >= 0.6 is 0 Å². The molecule has 0 spiro atoms. The Morgan fingerprint density at radius 1 is 1.07 bits per heavy atom. The first-order valence-electron chi connectivity index (χ1n) is 9.19. The predicted octanol–water partition coefficient (Wildman–Crippen LogP) is 4.41. The van der Waals surface area contributed by atoms with Gasteiger partial charge in [0.05, 0.1) is 19.4 Å². The van der Waals surface area contributed by atoms with Gasteiger partial charge in [0, 0.05) is 16.6 Å². The van der Waals surface area contributed by atoms with Crippen LogP contribution in [0.15, 0.2) is 76.1 Å². The monoisotopic (exact) mass is 390 g/mol. The molecule has 1 amide bonds. The zero-order valence-electron chi connectivity index (χ0n) is 15.8. The van der Waals surface area contributed by atoms with Crippen molar-refractivity contribution in [2.75, 3.05) is 0 Å². The fraction of sp³-hybridized carbons (Fsp3) is 0.130. The number of hydrogen-bond donors (Lipinski definition) is 1. The van der Waals surface area contributed by atoms with Crippen LogP contribution in [0.3, 0.4) is 0 Å². The van der Waals surface area contributed by atoms with Gasteiger partial charge in [-0.25, -0.2) is 4.39 Å². The quantitative estimate of drug-likeness (QED) is 0.549. The molecule has 0 saturated heterocycles. The minimum atomic E-state index is -0.493. The number of halogens is 1. The molecule has 0 saturated carbocycles. The van der Waals surface area contributed by atoms with Gasteiger partial charge in [0.2, 0.25) is 0 Å². The number of amides is 1. The second kappa shape index (κ2) is 7.75. The van der Waals surface area contributed by atoms with Crippen LogP contribution in [0.2, 0.25) is 0 Å². The smallest absolute Gasteiger partial charge is 0.254 e. The van der Waals surface area contributed by atoms with E-state index in [0.29, 0.717) is 11.3 Å². The molecule has 2 heterocycles. The molecule has 0 fully saturated rings. The Bertz CT molecular complexity index is 1230. The van der Waals surface area contributed by atoms with E-state index in [1.165, 1.54) is 29.4 Å². The summed E-state index contributed by atoms with van der Waals surface area (Å²) in [7, 11) is 0. The SMILES string of the molecule is Cc1ccc2cc(CN(Cc3ccco3)C(=O)c3cccc(F)c3)c(=O)[nH]c2c1. The van der Waals surface area contributed by atoms with Gasteiger partial charge in [-0.1, -0.05) is 18.2 Å². The lowest BCUT2D eigenvalue weighted by atomic mass is 10.1. The molecule has 0 aliphatic heterocycles.